The number of carbonyl (C=O) groups excluding carboxylic acids is 1. The van der Waals surface area contributed by atoms with Gasteiger partial charge in [-0.15, -0.1) is 0 Å². The van der Waals surface area contributed by atoms with E-state index < -0.39 is 6.04 Å². The molecule has 0 radical (unpaired) electrons. The van der Waals surface area contributed by atoms with Gasteiger partial charge in [-0.2, -0.15) is 5.26 Å². The Labute approximate surface area is 121 Å². The molecule has 0 aliphatic rings. The molecule has 1 atom stereocenters. The van der Waals surface area contributed by atoms with E-state index >= 15 is 0 Å². The first-order chi connectivity index (χ1) is 9.45. The number of hydrogen-bond donors (Lipinski definition) is 1. The average Bonchev–Trinajstić information content (AvgIpc) is 2.42. The minimum atomic E-state index is -0.659. The first kappa shape index (κ1) is 16.2. The van der Waals surface area contributed by atoms with Gasteiger partial charge in [-0.3, -0.25) is 4.79 Å². The highest BCUT2D eigenvalue weighted by Gasteiger charge is 2.22. The Bertz CT molecular complexity index is 473. The van der Waals surface area contributed by atoms with Crippen LogP contribution in [-0.2, 0) is 4.79 Å². The molecule has 0 aliphatic heterocycles. The molecule has 1 aromatic rings. The number of amides is 1. The van der Waals surface area contributed by atoms with Crippen molar-refractivity contribution in [2.75, 3.05) is 13.1 Å². The minimum absolute atomic E-state index is 0.113. The number of nitriles is 1. The number of aryl methyl sites for hydroxylation is 1. The molecule has 0 bridgehead atoms. The van der Waals surface area contributed by atoms with Crippen molar-refractivity contribution in [1.29, 1.82) is 5.26 Å². The van der Waals surface area contributed by atoms with Crippen molar-refractivity contribution in [2.45, 2.75) is 33.2 Å². The highest BCUT2D eigenvalue weighted by atomic mass is 16.2. The Morgan fingerprint density at radius 3 is 2.45 bits per heavy atom. The summed E-state index contributed by atoms with van der Waals surface area (Å²) in [6.07, 6.45) is 0.332. The Morgan fingerprint density at radius 1 is 1.35 bits per heavy atom. The fraction of sp³-hybridized carbons (Fsp3) is 0.500. The molecule has 0 heterocycles. The quantitative estimate of drug-likeness (QED) is 0.865. The summed E-state index contributed by atoms with van der Waals surface area (Å²) in [7, 11) is 0. The van der Waals surface area contributed by atoms with Crippen LogP contribution in [0.4, 0.5) is 0 Å². The molecule has 20 heavy (non-hydrogen) atoms. The van der Waals surface area contributed by atoms with Crippen molar-refractivity contribution in [3.63, 3.8) is 0 Å². The van der Waals surface area contributed by atoms with Gasteiger partial charge >= 0.3 is 0 Å². The predicted molar refractivity (Wildman–Crippen MR) is 79.8 cm³/mol. The van der Waals surface area contributed by atoms with E-state index in [-0.39, 0.29) is 5.91 Å². The smallest absolute Gasteiger partial charge is 0.244 e. The lowest BCUT2D eigenvalue weighted by atomic mass is 10.0. The van der Waals surface area contributed by atoms with E-state index in [0.29, 0.717) is 25.4 Å². The maximum atomic E-state index is 12.5. The molecule has 108 valence electrons. The molecule has 4 heteroatoms. The highest BCUT2D eigenvalue weighted by Crippen LogP contribution is 2.15. The Morgan fingerprint density at radius 2 is 1.95 bits per heavy atom. The van der Waals surface area contributed by atoms with Gasteiger partial charge in [-0.25, -0.2) is 0 Å². The molecule has 0 spiro atoms. The third kappa shape index (κ3) is 4.67. The molecule has 0 aliphatic carbocycles. The number of carbonyl (C=O) groups is 1. The topological polar surface area (TPSA) is 70.1 Å². The number of nitrogens with two attached hydrogens (primary N) is 1. The fourth-order valence-corrected chi connectivity index (χ4v) is 2.03. The van der Waals surface area contributed by atoms with E-state index in [4.69, 9.17) is 11.0 Å². The highest BCUT2D eigenvalue weighted by molar-refractivity contribution is 5.83. The second kappa shape index (κ2) is 7.66. The maximum absolute atomic E-state index is 12.5. The number of benzene rings is 1. The van der Waals surface area contributed by atoms with Crippen molar-refractivity contribution in [3.05, 3.63) is 35.4 Å². The van der Waals surface area contributed by atoms with Gasteiger partial charge in [0.25, 0.3) is 0 Å². The van der Waals surface area contributed by atoms with Gasteiger partial charge in [0.2, 0.25) is 5.91 Å². The first-order valence-electron chi connectivity index (χ1n) is 6.93. The lowest BCUT2D eigenvalue weighted by molar-refractivity contribution is -0.133. The Hall–Kier alpha value is -1.86. The predicted octanol–water partition coefficient (Wildman–Crippen LogP) is 2.39. The summed E-state index contributed by atoms with van der Waals surface area (Å²) in [6.45, 7) is 7.15. The van der Waals surface area contributed by atoms with Gasteiger partial charge < -0.3 is 10.6 Å². The third-order valence-corrected chi connectivity index (χ3v) is 3.09. The minimum Gasteiger partial charge on any atom is -0.340 e. The second-order valence-corrected chi connectivity index (χ2v) is 5.47. The van der Waals surface area contributed by atoms with Crippen LogP contribution in [0.25, 0.3) is 0 Å². The second-order valence-electron chi connectivity index (χ2n) is 5.47. The molecule has 1 aromatic carbocycles. The van der Waals surface area contributed by atoms with Gasteiger partial charge in [0, 0.05) is 13.1 Å². The zero-order chi connectivity index (χ0) is 15.1. The monoisotopic (exact) mass is 273 g/mol. The van der Waals surface area contributed by atoms with Gasteiger partial charge in [0.05, 0.1) is 12.5 Å². The van der Waals surface area contributed by atoms with E-state index in [0.717, 1.165) is 11.1 Å². The van der Waals surface area contributed by atoms with E-state index in [1.807, 2.05) is 45.0 Å². The van der Waals surface area contributed by atoms with Gasteiger partial charge in [0.1, 0.15) is 6.04 Å². The van der Waals surface area contributed by atoms with Crippen LogP contribution in [0.3, 0.4) is 0 Å². The van der Waals surface area contributed by atoms with Crippen LogP contribution in [0.5, 0.6) is 0 Å². The average molecular weight is 273 g/mol. The standard InChI is InChI=1S/C16H23N3O/c1-12(2)11-19(10-4-9-17)16(20)15(18)14-7-5-13(3)6-8-14/h5-8,12,15H,4,10-11,18H2,1-3H3. The summed E-state index contributed by atoms with van der Waals surface area (Å²) in [6, 6.07) is 9.09. The summed E-state index contributed by atoms with van der Waals surface area (Å²) in [5, 5.41) is 8.70. The van der Waals surface area contributed by atoms with E-state index in [1.165, 1.54) is 0 Å². The third-order valence-electron chi connectivity index (χ3n) is 3.09. The number of nitrogens with zero attached hydrogens (tertiary/aromatic N) is 2. The molecule has 0 fully saturated rings. The molecule has 4 nitrogen and oxygen atoms in total. The lowest BCUT2D eigenvalue weighted by Gasteiger charge is -2.26. The summed E-state index contributed by atoms with van der Waals surface area (Å²) < 4.78 is 0. The first-order valence-corrected chi connectivity index (χ1v) is 6.93. The summed E-state index contributed by atoms with van der Waals surface area (Å²) in [5.41, 5.74) is 8.01. The summed E-state index contributed by atoms with van der Waals surface area (Å²) in [4.78, 5) is 14.2. The SMILES string of the molecule is Cc1ccc(C(N)C(=O)N(CCC#N)CC(C)C)cc1. The van der Waals surface area contributed by atoms with Crippen LogP contribution >= 0.6 is 0 Å². The van der Waals surface area contributed by atoms with Crippen LogP contribution in [0.2, 0.25) is 0 Å². The van der Waals surface area contributed by atoms with Gasteiger partial charge in [-0.1, -0.05) is 43.7 Å². The normalized spacial score (nSPS) is 12.0. The van der Waals surface area contributed by atoms with Crippen LogP contribution in [0, 0.1) is 24.2 Å². The van der Waals surface area contributed by atoms with Crippen molar-refractivity contribution in [1.82, 2.24) is 4.90 Å². The maximum Gasteiger partial charge on any atom is 0.244 e. The van der Waals surface area contributed by atoms with Gasteiger partial charge in [0.15, 0.2) is 0 Å². The van der Waals surface area contributed by atoms with E-state index in [9.17, 15) is 4.79 Å². The number of rotatable bonds is 6. The molecule has 0 saturated heterocycles. The zero-order valence-electron chi connectivity index (χ0n) is 12.5. The van der Waals surface area contributed by atoms with Crippen LogP contribution in [0.15, 0.2) is 24.3 Å². The lowest BCUT2D eigenvalue weighted by Crippen LogP contribution is -2.41. The van der Waals surface area contributed by atoms with E-state index in [1.54, 1.807) is 4.90 Å². The van der Waals surface area contributed by atoms with Crippen molar-refractivity contribution in [2.24, 2.45) is 11.7 Å². The molecule has 0 aromatic heterocycles. The zero-order valence-corrected chi connectivity index (χ0v) is 12.5. The molecule has 1 amide bonds. The van der Waals surface area contributed by atoms with Crippen molar-refractivity contribution in [3.8, 4) is 6.07 Å². The molecule has 1 unspecified atom stereocenters. The summed E-state index contributed by atoms with van der Waals surface area (Å²) >= 11 is 0. The van der Waals surface area contributed by atoms with Crippen LogP contribution in [0.1, 0.15) is 37.4 Å². The Kier molecular flexibility index (Phi) is 6.20. The Balaban J connectivity index is 2.81. The largest absolute Gasteiger partial charge is 0.340 e. The molecule has 1 rings (SSSR count). The van der Waals surface area contributed by atoms with E-state index in [2.05, 4.69) is 6.07 Å². The van der Waals surface area contributed by atoms with Crippen molar-refractivity contribution >= 4 is 5.91 Å². The van der Waals surface area contributed by atoms with Crippen molar-refractivity contribution < 1.29 is 4.79 Å². The van der Waals surface area contributed by atoms with Crippen LogP contribution in [-0.4, -0.2) is 23.9 Å². The fourth-order valence-electron chi connectivity index (χ4n) is 2.03. The van der Waals surface area contributed by atoms with Crippen LogP contribution < -0.4 is 5.73 Å². The molecular formula is C16H23N3O. The van der Waals surface area contributed by atoms with Gasteiger partial charge in [-0.05, 0) is 18.4 Å². The molecule has 0 saturated carbocycles. The molecule has 2 N–H and O–H groups in total. The summed E-state index contributed by atoms with van der Waals surface area (Å²) in [5.74, 6) is 0.237. The molecular weight excluding hydrogens is 250 g/mol. The number of hydrogen-bond acceptors (Lipinski definition) is 3.